The van der Waals surface area contributed by atoms with Crippen molar-refractivity contribution in [2.75, 3.05) is 12.8 Å². The lowest BCUT2D eigenvalue weighted by Crippen LogP contribution is -2.26. The zero-order chi connectivity index (χ0) is 21.0. The Labute approximate surface area is 176 Å². The minimum Gasteiger partial charge on any atom is -0.419 e. The van der Waals surface area contributed by atoms with Crippen LogP contribution in [-0.2, 0) is 12.0 Å². The molecule has 0 atom stereocenters. The van der Waals surface area contributed by atoms with E-state index in [0.29, 0.717) is 17.3 Å². The van der Waals surface area contributed by atoms with Gasteiger partial charge in [-0.2, -0.15) is 0 Å². The maximum Gasteiger partial charge on any atom is 0.255 e. The molecule has 6 heteroatoms. The van der Waals surface area contributed by atoms with Crippen molar-refractivity contribution in [2.24, 2.45) is 0 Å². The highest BCUT2D eigenvalue weighted by Crippen LogP contribution is 2.26. The van der Waals surface area contributed by atoms with E-state index in [-0.39, 0.29) is 17.9 Å². The molecule has 0 radical (unpaired) electrons. The predicted octanol–water partition coefficient (Wildman–Crippen LogP) is 5.42. The molecular formula is C23H27N3O2S. The zero-order valence-corrected chi connectivity index (χ0v) is 18.4. The Hall–Kier alpha value is -2.60. The minimum absolute atomic E-state index is 0.0594. The second-order valence-electron chi connectivity index (χ2n) is 7.92. The zero-order valence-electron chi connectivity index (χ0n) is 17.6. The summed E-state index contributed by atoms with van der Waals surface area (Å²) in [7, 11) is 1.75. The Kier molecular flexibility index (Phi) is 6.42. The highest BCUT2D eigenvalue weighted by Gasteiger charge is 2.19. The van der Waals surface area contributed by atoms with Crippen molar-refractivity contribution in [1.29, 1.82) is 0 Å². The van der Waals surface area contributed by atoms with Crippen molar-refractivity contribution in [1.82, 2.24) is 15.1 Å². The largest absolute Gasteiger partial charge is 0.419 e. The van der Waals surface area contributed by atoms with Gasteiger partial charge in [0.15, 0.2) is 0 Å². The molecule has 0 aliphatic rings. The summed E-state index contributed by atoms with van der Waals surface area (Å²) in [4.78, 5) is 15.5. The summed E-state index contributed by atoms with van der Waals surface area (Å²) in [5, 5.41) is 8.27. The van der Waals surface area contributed by atoms with Gasteiger partial charge in [0, 0.05) is 17.5 Å². The molecule has 1 heterocycles. The summed E-state index contributed by atoms with van der Waals surface area (Å²) in [6.45, 7) is 8.87. The Morgan fingerprint density at radius 1 is 1.07 bits per heavy atom. The first kappa shape index (κ1) is 21.1. The molecule has 5 nitrogen and oxygen atoms in total. The average molecular weight is 410 g/mol. The van der Waals surface area contributed by atoms with Crippen LogP contribution in [0.5, 0.6) is 0 Å². The molecule has 0 spiro atoms. The quantitative estimate of drug-likeness (QED) is 0.509. The van der Waals surface area contributed by atoms with Gasteiger partial charge in [-0.25, -0.2) is 0 Å². The third-order valence-electron chi connectivity index (χ3n) is 4.60. The average Bonchev–Trinajstić information content (AvgIpc) is 3.16. The molecular weight excluding hydrogens is 382 g/mol. The topological polar surface area (TPSA) is 59.2 Å². The van der Waals surface area contributed by atoms with Gasteiger partial charge in [0.2, 0.25) is 11.8 Å². The molecule has 0 unspecified atom stereocenters. The summed E-state index contributed by atoms with van der Waals surface area (Å²) in [6.07, 6.45) is 0. The van der Waals surface area contributed by atoms with E-state index in [4.69, 9.17) is 4.42 Å². The van der Waals surface area contributed by atoms with E-state index >= 15 is 0 Å². The van der Waals surface area contributed by atoms with Crippen LogP contribution in [0.25, 0.3) is 11.5 Å². The molecule has 3 rings (SSSR count). The van der Waals surface area contributed by atoms with Crippen molar-refractivity contribution in [3.05, 3.63) is 65.5 Å². The van der Waals surface area contributed by atoms with Crippen molar-refractivity contribution in [2.45, 2.75) is 44.6 Å². The SMILES string of the molecule is CCSc1ccccc1C(=O)N(C)Cc1nnc(-c2ccc(C(C)(C)C)cc2)o1. The Bertz CT molecular complexity index is 974. The third-order valence-corrected chi connectivity index (χ3v) is 5.56. The van der Waals surface area contributed by atoms with Gasteiger partial charge in [-0.15, -0.1) is 22.0 Å². The van der Waals surface area contributed by atoms with E-state index in [2.05, 4.69) is 50.0 Å². The molecule has 0 saturated carbocycles. The van der Waals surface area contributed by atoms with E-state index in [1.165, 1.54) is 5.56 Å². The number of thioether (sulfide) groups is 1. The molecule has 2 aromatic carbocycles. The first-order chi connectivity index (χ1) is 13.8. The number of aromatic nitrogens is 2. The van der Waals surface area contributed by atoms with Crippen LogP contribution in [0.1, 0.15) is 49.5 Å². The van der Waals surface area contributed by atoms with Crippen LogP contribution in [0.2, 0.25) is 0 Å². The molecule has 1 aromatic heterocycles. The fourth-order valence-electron chi connectivity index (χ4n) is 2.95. The van der Waals surface area contributed by atoms with Crippen molar-refractivity contribution < 1.29 is 9.21 Å². The number of carbonyl (C=O) groups excluding carboxylic acids is 1. The molecule has 0 bridgehead atoms. The Morgan fingerprint density at radius 2 is 1.76 bits per heavy atom. The second kappa shape index (κ2) is 8.82. The lowest BCUT2D eigenvalue weighted by atomic mass is 9.87. The number of benzene rings is 2. The van der Waals surface area contributed by atoms with Gasteiger partial charge in [0.25, 0.3) is 5.91 Å². The maximum atomic E-state index is 12.9. The molecule has 0 fully saturated rings. The monoisotopic (exact) mass is 409 g/mol. The lowest BCUT2D eigenvalue weighted by Gasteiger charge is -2.18. The lowest BCUT2D eigenvalue weighted by molar-refractivity contribution is 0.0769. The molecule has 3 aromatic rings. The molecule has 0 N–H and O–H groups in total. The third kappa shape index (κ3) is 5.07. The van der Waals surface area contributed by atoms with E-state index in [0.717, 1.165) is 16.2 Å². The van der Waals surface area contributed by atoms with Crippen molar-refractivity contribution >= 4 is 17.7 Å². The molecule has 0 aliphatic carbocycles. The maximum absolute atomic E-state index is 12.9. The van der Waals surface area contributed by atoms with E-state index in [1.807, 2.05) is 36.4 Å². The van der Waals surface area contributed by atoms with E-state index < -0.39 is 0 Å². The van der Waals surface area contributed by atoms with Crippen LogP contribution in [-0.4, -0.2) is 33.8 Å². The first-order valence-electron chi connectivity index (χ1n) is 9.70. The highest BCUT2D eigenvalue weighted by atomic mass is 32.2. The highest BCUT2D eigenvalue weighted by molar-refractivity contribution is 7.99. The number of nitrogens with zero attached hydrogens (tertiary/aromatic N) is 3. The van der Waals surface area contributed by atoms with Gasteiger partial charge in [-0.3, -0.25) is 4.79 Å². The van der Waals surface area contributed by atoms with Crippen LogP contribution < -0.4 is 0 Å². The first-order valence-corrected chi connectivity index (χ1v) is 10.7. The van der Waals surface area contributed by atoms with Gasteiger partial charge in [0.1, 0.15) is 0 Å². The standard InChI is InChI=1S/C23H27N3O2S/c1-6-29-19-10-8-7-9-18(19)22(27)26(5)15-20-24-25-21(28-20)16-11-13-17(14-12-16)23(2,3)4/h7-14H,6,15H2,1-5H3. The van der Waals surface area contributed by atoms with Crippen LogP contribution in [0, 0.1) is 0 Å². The van der Waals surface area contributed by atoms with Gasteiger partial charge < -0.3 is 9.32 Å². The summed E-state index contributed by atoms with van der Waals surface area (Å²) in [5.74, 6) is 1.73. The number of amides is 1. The fraction of sp³-hybridized carbons (Fsp3) is 0.348. The predicted molar refractivity (Wildman–Crippen MR) is 117 cm³/mol. The molecule has 152 valence electrons. The van der Waals surface area contributed by atoms with Gasteiger partial charge in [0.05, 0.1) is 12.1 Å². The molecule has 1 amide bonds. The number of hydrogen-bond donors (Lipinski definition) is 0. The van der Waals surface area contributed by atoms with Crippen LogP contribution in [0.15, 0.2) is 57.8 Å². The Balaban J connectivity index is 1.72. The number of hydrogen-bond acceptors (Lipinski definition) is 5. The summed E-state index contributed by atoms with van der Waals surface area (Å²) >= 11 is 1.66. The van der Waals surface area contributed by atoms with Gasteiger partial charge >= 0.3 is 0 Å². The summed E-state index contributed by atoms with van der Waals surface area (Å²) in [5.41, 5.74) is 2.90. The summed E-state index contributed by atoms with van der Waals surface area (Å²) in [6, 6.07) is 15.8. The van der Waals surface area contributed by atoms with E-state index in [9.17, 15) is 4.79 Å². The minimum atomic E-state index is -0.0594. The smallest absolute Gasteiger partial charge is 0.255 e. The molecule has 0 saturated heterocycles. The van der Waals surface area contributed by atoms with Crippen molar-refractivity contribution in [3.8, 4) is 11.5 Å². The fourth-order valence-corrected chi connectivity index (χ4v) is 3.75. The van der Waals surface area contributed by atoms with Gasteiger partial charge in [-0.1, -0.05) is 52.0 Å². The molecule has 0 aliphatic heterocycles. The van der Waals surface area contributed by atoms with Crippen LogP contribution in [0.4, 0.5) is 0 Å². The van der Waals surface area contributed by atoms with Crippen molar-refractivity contribution in [3.63, 3.8) is 0 Å². The van der Waals surface area contributed by atoms with E-state index in [1.54, 1.807) is 23.7 Å². The Morgan fingerprint density at radius 3 is 2.41 bits per heavy atom. The van der Waals surface area contributed by atoms with Crippen LogP contribution >= 0.6 is 11.8 Å². The normalized spacial score (nSPS) is 11.5. The number of rotatable bonds is 6. The van der Waals surface area contributed by atoms with Crippen LogP contribution in [0.3, 0.4) is 0 Å². The second-order valence-corrected chi connectivity index (χ2v) is 9.22. The number of carbonyl (C=O) groups is 1. The summed E-state index contributed by atoms with van der Waals surface area (Å²) < 4.78 is 5.81. The molecule has 29 heavy (non-hydrogen) atoms. The van der Waals surface area contributed by atoms with Gasteiger partial charge in [-0.05, 0) is 41.0 Å².